The highest BCUT2D eigenvalue weighted by atomic mass is 32.1. The van der Waals surface area contributed by atoms with Crippen LogP contribution in [0.3, 0.4) is 0 Å². The van der Waals surface area contributed by atoms with Gasteiger partial charge >= 0.3 is 0 Å². The van der Waals surface area contributed by atoms with Gasteiger partial charge < -0.3 is 18.9 Å². The predicted octanol–water partition coefficient (Wildman–Crippen LogP) is 15.0. The van der Waals surface area contributed by atoms with Crippen molar-refractivity contribution < 1.29 is 18.9 Å². The second kappa shape index (κ2) is 20.7. The van der Waals surface area contributed by atoms with E-state index in [0.717, 1.165) is 134 Å². The first-order valence-electron chi connectivity index (χ1n) is 23.8. The van der Waals surface area contributed by atoms with Gasteiger partial charge in [-0.1, -0.05) is 158 Å². The number of nitrogens with zero attached hydrogens (tertiary/aromatic N) is 4. The van der Waals surface area contributed by atoms with Gasteiger partial charge in [0.25, 0.3) is 0 Å². The van der Waals surface area contributed by atoms with E-state index in [-0.39, 0.29) is 0 Å². The van der Waals surface area contributed by atoms with Crippen LogP contribution in [-0.4, -0.2) is 47.2 Å². The Bertz CT molecular complexity index is 3420. The zero-order chi connectivity index (χ0) is 49.7. The highest BCUT2D eigenvalue weighted by Gasteiger charge is 2.24. The maximum absolute atomic E-state index is 5.57. The van der Waals surface area contributed by atoms with E-state index in [1.165, 1.54) is 11.7 Å². The molecule has 9 aromatic carbocycles. The van der Waals surface area contributed by atoms with E-state index in [9.17, 15) is 0 Å². The number of aromatic nitrogens is 4. The highest BCUT2D eigenvalue weighted by Crippen LogP contribution is 2.45. The van der Waals surface area contributed by atoms with Crippen molar-refractivity contribution in [1.82, 2.24) is 18.7 Å². The predicted molar refractivity (Wildman–Crippen MR) is 296 cm³/mol. The standard InChI is InChI=1S/C64H48N4O4S/c1-69-51-31-23-45(24-32-51)57(46-25-33-52(70-2)34-26-46)55(41-11-7-5-8-12-41)43-15-19-49(20-16-43)59-61-62(66-40-39-65-61)60(64-63(59)67-73-68-64)50-21-17-44(18-22-50)56(42-13-9-6-10-14-42)58(47-27-35-53(71-3)36-28-47)48-29-37-54(72-4)38-30-48/h5-40H,1-4H3. The van der Waals surface area contributed by atoms with E-state index in [4.69, 9.17) is 37.7 Å². The number of hydrogen-bond donors (Lipinski definition) is 0. The van der Waals surface area contributed by atoms with Crippen LogP contribution in [0.25, 0.3) is 66.6 Å². The van der Waals surface area contributed by atoms with Crippen molar-refractivity contribution in [3.05, 3.63) is 263 Å². The molecule has 0 saturated carbocycles. The summed E-state index contributed by atoms with van der Waals surface area (Å²) in [6.07, 6.45) is 3.50. The van der Waals surface area contributed by atoms with Crippen LogP contribution in [0.1, 0.15) is 44.5 Å². The zero-order valence-electron chi connectivity index (χ0n) is 40.6. The minimum absolute atomic E-state index is 0.747. The van der Waals surface area contributed by atoms with Crippen molar-refractivity contribution in [3.63, 3.8) is 0 Å². The Morgan fingerprint density at radius 2 is 0.534 bits per heavy atom. The molecule has 2 aromatic heterocycles. The summed E-state index contributed by atoms with van der Waals surface area (Å²) < 4.78 is 32.3. The minimum atomic E-state index is 0.747. The first-order valence-corrected chi connectivity index (χ1v) is 24.5. The molecule has 0 atom stereocenters. The van der Waals surface area contributed by atoms with E-state index in [1.807, 2.05) is 60.7 Å². The van der Waals surface area contributed by atoms with Crippen molar-refractivity contribution in [1.29, 1.82) is 0 Å². The fourth-order valence-corrected chi connectivity index (χ4v) is 10.2. The number of fused-ring (bicyclic) bond motifs is 2. The van der Waals surface area contributed by atoms with Gasteiger partial charge in [0.15, 0.2) is 0 Å². The lowest BCUT2D eigenvalue weighted by Crippen LogP contribution is -1.99. The summed E-state index contributed by atoms with van der Waals surface area (Å²) in [7, 11) is 6.75. The molecule has 0 aliphatic rings. The van der Waals surface area contributed by atoms with Crippen LogP contribution in [0.4, 0.5) is 0 Å². The molecule has 9 heteroatoms. The molecular formula is C64H48N4O4S. The molecule has 0 spiro atoms. The number of methoxy groups -OCH3 is 4. The molecule has 0 radical (unpaired) electrons. The van der Waals surface area contributed by atoms with E-state index in [1.54, 1.807) is 40.8 Å². The SMILES string of the molecule is COc1ccc(C(=C(c2ccccc2)c2ccc(-c3c4nccnc4c(-c4ccc(C(=C(c5ccc(OC)cc5)c5ccc(OC)cc5)c5ccccc5)cc4)c4nsnc34)cc2)c2ccc(OC)cc2)cc1. The fraction of sp³-hybridized carbons (Fsp3) is 0.0625. The fourth-order valence-electron chi connectivity index (χ4n) is 9.66. The van der Waals surface area contributed by atoms with Gasteiger partial charge in [-0.2, -0.15) is 8.75 Å². The monoisotopic (exact) mass is 968 g/mol. The molecule has 0 aliphatic heterocycles. The van der Waals surface area contributed by atoms with E-state index in [2.05, 4.69) is 146 Å². The van der Waals surface area contributed by atoms with Crippen LogP contribution >= 0.6 is 11.7 Å². The Labute approximate surface area is 428 Å². The molecule has 354 valence electrons. The maximum Gasteiger partial charge on any atom is 0.118 e. The topological polar surface area (TPSA) is 88.5 Å². The molecule has 0 bridgehead atoms. The Kier molecular flexibility index (Phi) is 13.1. The number of ether oxygens (including phenoxy) is 4. The number of rotatable bonds is 14. The Hall–Kier alpha value is -9.18. The van der Waals surface area contributed by atoms with Crippen LogP contribution in [0.15, 0.2) is 219 Å². The van der Waals surface area contributed by atoms with Crippen molar-refractivity contribution in [2.45, 2.75) is 0 Å². The molecule has 8 nitrogen and oxygen atoms in total. The minimum Gasteiger partial charge on any atom is -0.497 e. The van der Waals surface area contributed by atoms with Crippen LogP contribution in [0.2, 0.25) is 0 Å². The molecule has 11 rings (SSSR count). The van der Waals surface area contributed by atoms with Crippen LogP contribution in [0, 0.1) is 0 Å². The number of hydrogen-bond acceptors (Lipinski definition) is 9. The van der Waals surface area contributed by atoms with E-state index < -0.39 is 0 Å². The second-order valence-electron chi connectivity index (χ2n) is 17.3. The smallest absolute Gasteiger partial charge is 0.118 e. The summed E-state index contributed by atoms with van der Waals surface area (Å²) in [5.74, 6) is 3.16. The van der Waals surface area contributed by atoms with Gasteiger partial charge in [0, 0.05) is 23.5 Å². The first-order chi connectivity index (χ1) is 36.0. The molecule has 0 fully saturated rings. The Morgan fingerprint density at radius 1 is 0.288 bits per heavy atom. The third kappa shape index (κ3) is 9.10. The van der Waals surface area contributed by atoms with Gasteiger partial charge in [-0.25, -0.2) is 0 Å². The molecular weight excluding hydrogens is 921 g/mol. The molecule has 73 heavy (non-hydrogen) atoms. The van der Waals surface area contributed by atoms with Crippen LogP contribution in [0.5, 0.6) is 23.0 Å². The average molecular weight is 969 g/mol. The third-order valence-electron chi connectivity index (χ3n) is 13.2. The van der Waals surface area contributed by atoms with Gasteiger partial charge in [0.05, 0.1) is 51.2 Å². The highest BCUT2D eigenvalue weighted by molar-refractivity contribution is 7.00. The zero-order valence-corrected chi connectivity index (χ0v) is 41.4. The van der Waals surface area contributed by atoms with Gasteiger partial charge in [-0.3, -0.25) is 9.97 Å². The lowest BCUT2D eigenvalue weighted by molar-refractivity contribution is 0.414. The molecule has 0 N–H and O–H groups in total. The average Bonchev–Trinajstić information content (AvgIpc) is 3.95. The second-order valence-corrected chi connectivity index (χ2v) is 17.8. The summed E-state index contributed by atoms with van der Waals surface area (Å²) in [5, 5.41) is 0. The summed E-state index contributed by atoms with van der Waals surface area (Å²) in [4.78, 5) is 10.1. The Balaban J connectivity index is 1.05. The van der Waals surface area contributed by atoms with Crippen molar-refractivity contribution in [2.24, 2.45) is 0 Å². The maximum atomic E-state index is 5.57. The van der Waals surface area contributed by atoms with Gasteiger partial charge in [-0.15, -0.1) is 0 Å². The molecule has 2 heterocycles. The quantitative estimate of drug-likeness (QED) is 0.0996. The molecule has 11 aromatic rings. The first kappa shape index (κ1) is 46.2. The van der Waals surface area contributed by atoms with Gasteiger partial charge in [0.2, 0.25) is 0 Å². The van der Waals surface area contributed by atoms with Gasteiger partial charge in [-0.05, 0) is 126 Å². The lowest BCUT2D eigenvalue weighted by Gasteiger charge is -2.19. The molecule has 0 unspecified atom stereocenters. The van der Waals surface area contributed by atoms with E-state index in [0.29, 0.717) is 0 Å². The number of benzene rings is 9. The molecule has 0 saturated heterocycles. The largest absolute Gasteiger partial charge is 0.497 e. The van der Waals surface area contributed by atoms with Crippen molar-refractivity contribution in [3.8, 4) is 45.3 Å². The van der Waals surface area contributed by atoms with Crippen molar-refractivity contribution >= 4 is 56.1 Å². The molecule has 0 aliphatic carbocycles. The third-order valence-corrected chi connectivity index (χ3v) is 13.7. The Morgan fingerprint density at radius 3 is 0.795 bits per heavy atom. The molecule has 0 amide bonds. The van der Waals surface area contributed by atoms with Crippen LogP contribution in [-0.2, 0) is 0 Å². The summed E-state index contributed by atoms with van der Waals surface area (Å²) >= 11 is 1.19. The van der Waals surface area contributed by atoms with Crippen LogP contribution < -0.4 is 18.9 Å². The van der Waals surface area contributed by atoms with Gasteiger partial charge in [0.1, 0.15) is 34.0 Å². The van der Waals surface area contributed by atoms with Crippen molar-refractivity contribution in [2.75, 3.05) is 28.4 Å². The summed E-state index contributed by atoms with van der Waals surface area (Å²) in [6.45, 7) is 0. The van der Waals surface area contributed by atoms with E-state index >= 15 is 0 Å². The summed E-state index contributed by atoms with van der Waals surface area (Å²) in [5.41, 5.74) is 19.5. The summed E-state index contributed by atoms with van der Waals surface area (Å²) in [6, 6.07) is 71.4. The lowest BCUT2D eigenvalue weighted by atomic mass is 9.85. The normalized spacial score (nSPS) is 11.0.